The first-order chi connectivity index (χ1) is 5.12. The fraction of sp³-hybridized carbons (Fsp3) is 0.800. The Bertz CT molecular complexity index is 269. The predicted octanol–water partition coefficient (Wildman–Crippen LogP) is -0.851. The predicted molar refractivity (Wildman–Crippen MR) is 42.7 cm³/mol. The highest BCUT2D eigenvalue weighted by Crippen LogP contribution is 2.10. The van der Waals surface area contributed by atoms with Crippen LogP contribution < -0.4 is 10.9 Å². The number of sulfonamides is 1. The van der Waals surface area contributed by atoms with Crippen LogP contribution in [-0.4, -0.2) is 25.9 Å². The van der Waals surface area contributed by atoms with Gasteiger partial charge in [-0.2, -0.15) is 0 Å². The van der Waals surface area contributed by atoms with Crippen molar-refractivity contribution in [2.24, 2.45) is 10.9 Å². The number of primary sulfonamides is 1. The number of nitrogens with two attached hydrogens (primary N) is 2. The molecule has 0 saturated carbocycles. The van der Waals surface area contributed by atoms with Crippen LogP contribution in [0.15, 0.2) is 0 Å². The van der Waals surface area contributed by atoms with E-state index in [4.69, 9.17) is 10.9 Å². The molecular formula is C5H12N2O4S. The molecule has 0 heterocycles. The summed E-state index contributed by atoms with van der Waals surface area (Å²) >= 11 is 0. The Kier molecular flexibility index (Phi) is 3.05. The average molecular weight is 196 g/mol. The molecule has 0 aliphatic carbocycles. The summed E-state index contributed by atoms with van der Waals surface area (Å²) in [7, 11) is -3.66. The maximum Gasteiger partial charge on any atom is 0.405 e. The molecule has 0 fully saturated rings. The number of hydrogen-bond donors (Lipinski definition) is 2. The quantitative estimate of drug-likeness (QED) is 0.612. The van der Waals surface area contributed by atoms with E-state index in [0.29, 0.717) is 0 Å². The molecule has 0 bridgehead atoms. The van der Waals surface area contributed by atoms with Crippen molar-refractivity contribution in [1.82, 2.24) is 0 Å². The van der Waals surface area contributed by atoms with E-state index in [2.05, 4.69) is 4.74 Å². The largest absolute Gasteiger partial charge is 0.443 e. The van der Waals surface area contributed by atoms with Gasteiger partial charge >= 0.3 is 6.09 Å². The maximum absolute atomic E-state index is 10.6. The average Bonchev–Trinajstić information content (AvgIpc) is 1.48. The van der Waals surface area contributed by atoms with Gasteiger partial charge in [-0.25, -0.2) is 18.4 Å². The molecule has 0 aliphatic heterocycles. The molecule has 6 nitrogen and oxygen atoms in total. The van der Waals surface area contributed by atoms with E-state index >= 15 is 0 Å². The van der Waals surface area contributed by atoms with Gasteiger partial charge < -0.3 is 10.5 Å². The molecule has 0 aromatic rings. The van der Waals surface area contributed by atoms with Crippen molar-refractivity contribution in [2.75, 3.05) is 5.75 Å². The lowest BCUT2D eigenvalue weighted by Gasteiger charge is -2.22. The summed E-state index contributed by atoms with van der Waals surface area (Å²) in [6.07, 6.45) is -1.02. The van der Waals surface area contributed by atoms with Crippen LogP contribution in [0.4, 0.5) is 4.79 Å². The fourth-order valence-electron chi connectivity index (χ4n) is 0.786. The minimum Gasteiger partial charge on any atom is -0.443 e. The third-order valence-electron chi connectivity index (χ3n) is 0.926. The van der Waals surface area contributed by atoms with Crippen LogP contribution in [0.3, 0.4) is 0 Å². The second-order valence-corrected chi connectivity index (χ2v) is 4.60. The number of carbonyl (C=O) groups is 1. The first-order valence-electron chi connectivity index (χ1n) is 3.11. The smallest absolute Gasteiger partial charge is 0.405 e. The van der Waals surface area contributed by atoms with Gasteiger partial charge in [-0.05, 0) is 13.8 Å². The first kappa shape index (κ1) is 11.2. The zero-order valence-corrected chi connectivity index (χ0v) is 7.72. The number of ether oxygens (including phenoxy) is 1. The number of hydrogen-bond acceptors (Lipinski definition) is 4. The Morgan fingerprint density at radius 3 is 2.17 bits per heavy atom. The number of rotatable bonds is 3. The van der Waals surface area contributed by atoms with Crippen molar-refractivity contribution in [3.8, 4) is 0 Å². The lowest BCUT2D eigenvalue weighted by Crippen LogP contribution is -2.39. The van der Waals surface area contributed by atoms with Gasteiger partial charge in [0.2, 0.25) is 10.0 Å². The molecule has 0 aliphatic rings. The van der Waals surface area contributed by atoms with E-state index in [1.165, 1.54) is 13.8 Å². The Morgan fingerprint density at radius 2 is 1.92 bits per heavy atom. The normalized spacial score (nSPS) is 12.6. The molecule has 7 heteroatoms. The molecule has 0 atom stereocenters. The molecule has 0 spiro atoms. The van der Waals surface area contributed by atoms with Crippen LogP contribution in [0.2, 0.25) is 0 Å². The molecule has 72 valence electrons. The van der Waals surface area contributed by atoms with Crippen LogP contribution in [0.25, 0.3) is 0 Å². The van der Waals surface area contributed by atoms with Gasteiger partial charge in [-0.3, -0.25) is 0 Å². The van der Waals surface area contributed by atoms with E-state index < -0.39 is 27.5 Å². The summed E-state index contributed by atoms with van der Waals surface area (Å²) in [5.41, 5.74) is 3.52. The molecule has 0 unspecified atom stereocenters. The molecular weight excluding hydrogens is 184 g/mol. The zero-order valence-electron chi connectivity index (χ0n) is 6.90. The van der Waals surface area contributed by atoms with Gasteiger partial charge in [0.1, 0.15) is 11.4 Å². The number of carbonyl (C=O) groups excluding carboxylic acids is 1. The van der Waals surface area contributed by atoms with Crippen molar-refractivity contribution in [3.05, 3.63) is 0 Å². The number of amides is 1. The standard InChI is InChI=1S/C5H12N2O4S/c1-5(2,11-4(6)8)3-12(7,9)10/h3H2,1-2H3,(H2,6,8)(H2,7,9,10). The summed E-state index contributed by atoms with van der Waals surface area (Å²) in [6, 6.07) is 0. The van der Waals surface area contributed by atoms with Crippen molar-refractivity contribution >= 4 is 16.1 Å². The molecule has 0 radical (unpaired) electrons. The minimum absolute atomic E-state index is 0.455. The first-order valence-corrected chi connectivity index (χ1v) is 4.83. The third kappa shape index (κ3) is 5.93. The van der Waals surface area contributed by atoms with Gasteiger partial charge in [-0.1, -0.05) is 0 Å². The maximum atomic E-state index is 10.6. The topological polar surface area (TPSA) is 112 Å². The number of primary amides is 1. The van der Waals surface area contributed by atoms with Crippen molar-refractivity contribution in [1.29, 1.82) is 0 Å². The van der Waals surface area contributed by atoms with Gasteiger partial charge in [-0.15, -0.1) is 0 Å². The lowest BCUT2D eigenvalue weighted by atomic mass is 10.2. The molecule has 1 amide bonds. The third-order valence-corrected chi connectivity index (χ3v) is 2.02. The Hall–Kier alpha value is -0.820. The van der Waals surface area contributed by atoms with Gasteiger partial charge in [0.05, 0.1) is 0 Å². The Morgan fingerprint density at radius 1 is 1.50 bits per heavy atom. The summed E-state index contributed by atoms with van der Waals surface area (Å²) in [5, 5.41) is 4.74. The van der Waals surface area contributed by atoms with Gasteiger partial charge in [0.25, 0.3) is 0 Å². The van der Waals surface area contributed by atoms with E-state index in [-0.39, 0.29) is 0 Å². The summed E-state index contributed by atoms with van der Waals surface area (Å²) in [5.74, 6) is -0.455. The van der Waals surface area contributed by atoms with Crippen LogP contribution in [0.5, 0.6) is 0 Å². The Balaban J connectivity index is 4.33. The Labute approximate surface area is 70.9 Å². The van der Waals surface area contributed by atoms with Gasteiger partial charge in [0.15, 0.2) is 0 Å². The van der Waals surface area contributed by atoms with Crippen LogP contribution in [0.1, 0.15) is 13.8 Å². The second-order valence-electron chi connectivity index (χ2n) is 2.99. The fourth-order valence-corrected chi connectivity index (χ4v) is 1.81. The van der Waals surface area contributed by atoms with E-state index in [1.807, 2.05) is 0 Å². The zero-order chi connectivity index (χ0) is 9.99. The molecule has 4 N–H and O–H groups in total. The van der Waals surface area contributed by atoms with Crippen LogP contribution in [-0.2, 0) is 14.8 Å². The highest BCUT2D eigenvalue weighted by molar-refractivity contribution is 7.89. The van der Waals surface area contributed by atoms with Gasteiger partial charge in [0, 0.05) is 0 Å². The molecule has 0 saturated heterocycles. The van der Waals surface area contributed by atoms with E-state index in [9.17, 15) is 13.2 Å². The summed E-state index contributed by atoms with van der Waals surface area (Å²) < 4.78 is 25.6. The van der Waals surface area contributed by atoms with E-state index in [1.54, 1.807) is 0 Å². The molecule has 12 heavy (non-hydrogen) atoms. The molecule has 0 rings (SSSR count). The van der Waals surface area contributed by atoms with E-state index in [0.717, 1.165) is 0 Å². The highest BCUT2D eigenvalue weighted by Gasteiger charge is 2.27. The highest BCUT2D eigenvalue weighted by atomic mass is 32.2. The lowest BCUT2D eigenvalue weighted by molar-refractivity contribution is 0.0623. The molecule has 0 aromatic carbocycles. The van der Waals surface area contributed by atoms with Crippen LogP contribution >= 0.6 is 0 Å². The second kappa shape index (κ2) is 3.28. The van der Waals surface area contributed by atoms with Crippen LogP contribution in [0, 0.1) is 0 Å². The molecule has 0 aromatic heterocycles. The van der Waals surface area contributed by atoms with Crippen molar-refractivity contribution in [3.63, 3.8) is 0 Å². The minimum atomic E-state index is -3.66. The SMILES string of the molecule is CC(C)(CS(N)(=O)=O)OC(N)=O. The summed E-state index contributed by atoms with van der Waals surface area (Å²) in [6.45, 7) is 2.81. The summed E-state index contributed by atoms with van der Waals surface area (Å²) in [4.78, 5) is 10.3. The van der Waals surface area contributed by atoms with Crippen molar-refractivity contribution in [2.45, 2.75) is 19.4 Å². The monoisotopic (exact) mass is 196 g/mol. The van der Waals surface area contributed by atoms with Crippen molar-refractivity contribution < 1.29 is 17.9 Å².